The number of ether oxygens (including phenoxy) is 1. The number of rotatable bonds is 5. The molecule has 0 unspecified atom stereocenters. The van der Waals surface area contributed by atoms with Crippen molar-refractivity contribution in [1.82, 2.24) is 0 Å². The van der Waals surface area contributed by atoms with Crippen LogP contribution in [0.2, 0.25) is 0 Å². The second-order valence-corrected chi connectivity index (χ2v) is 5.18. The molecule has 0 aliphatic heterocycles. The van der Waals surface area contributed by atoms with Crippen molar-refractivity contribution in [3.05, 3.63) is 35.4 Å². The third-order valence-electron chi connectivity index (χ3n) is 4.11. The Balaban J connectivity index is 2.05. The predicted octanol–water partition coefficient (Wildman–Crippen LogP) is 3.32. The third kappa shape index (κ3) is 2.64. The number of carbonyl (C=O) groups excluding carboxylic acids is 1. The first-order chi connectivity index (χ1) is 8.70. The van der Waals surface area contributed by atoms with Crippen molar-refractivity contribution in [3.8, 4) is 0 Å². The lowest BCUT2D eigenvalue weighted by atomic mass is 9.91. The first-order valence-corrected chi connectivity index (χ1v) is 6.86. The Hall–Kier alpha value is -1.15. The molecule has 0 N–H and O–H groups in total. The molecule has 1 aliphatic carbocycles. The standard InChI is InChI=1S/C16H22O2/c1-3-13-6-8-14(9-7-13)12-15(17)16(18-2)10-4-5-11-16/h6-9H,3-5,10-12H2,1-2H3. The van der Waals surface area contributed by atoms with Gasteiger partial charge in [0.15, 0.2) is 5.78 Å². The number of carbonyl (C=O) groups is 1. The third-order valence-corrected chi connectivity index (χ3v) is 4.11. The SMILES string of the molecule is CCc1ccc(CC(=O)C2(OC)CCCC2)cc1. The van der Waals surface area contributed by atoms with Crippen LogP contribution in [0.5, 0.6) is 0 Å². The molecule has 0 amide bonds. The van der Waals surface area contributed by atoms with Gasteiger partial charge in [-0.3, -0.25) is 4.79 Å². The fraction of sp³-hybridized carbons (Fsp3) is 0.562. The van der Waals surface area contributed by atoms with Gasteiger partial charge in [-0.05, 0) is 43.2 Å². The van der Waals surface area contributed by atoms with E-state index in [1.807, 2.05) is 0 Å². The normalized spacial score (nSPS) is 17.9. The summed E-state index contributed by atoms with van der Waals surface area (Å²) in [6.07, 6.45) is 5.52. The van der Waals surface area contributed by atoms with E-state index in [2.05, 4.69) is 31.2 Å². The van der Waals surface area contributed by atoms with Crippen LogP contribution in [0.25, 0.3) is 0 Å². The van der Waals surface area contributed by atoms with Crippen LogP contribution in [-0.4, -0.2) is 18.5 Å². The number of ketones is 1. The van der Waals surface area contributed by atoms with E-state index in [4.69, 9.17) is 4.74 Å². The molecule has 2 heteroatoms. The highest BCUT2D eigenvalue weighted by Gasteiger charge is 2.40. The van der Waals surface area contributed by atoms with E-state index in [0.717, 1.165) is 37.7 Å². The first-order valence-electron chi connectivity index (χ1n) is 6.86. The number of methoxy groups -OCH3 is 1. The summed E-state index contributed by atoms with van der Waals surface area (Å²) >= 11 is 0. The Labute approximate surface area is 109 Å². The maximum absolute atomic E-state index is 12.4. The Morgan fingerprint density at radius 2 is 1.72 bits per heavy atom. The molecule has 0 radical (unpaired) electrons. The maximum Gasteiger partial charge on any atom is 0.168 e. The lowest BCUT2D eigenvalue weighted by Crippen LogP contribution is -2.38. The van der Waals surface area contributed by atoms with E-state index < -0.39 is 5.60 Å². The zero-order valence-corrected chi connectivity index (χ0v) is 11.4. The van der Waals surface area contributed by atoms with E-state index in [9.17, 15) is 4.79 Å². The molecule has 1 fully saturated rings. The van der Waals surface area contributed by atoms with Gasteiger partial charge in [0, 0.05) is 13.5 Å². The first kappa shape index (κ1) is 13.3. The van der Waals surface area contributed by atoms with Crippen molar-refractivity contribution in [2.24, 2.45) is 0 Å². The smallest absolute Gasteiger partial charge is 0.168 e. The zero-order chi connectivity index (χ0) is 13.0. The predicted molar refractivity (Wildman–Crippen MR) is 72.7 cm³/mol. The van der Waals surface area contributed by atoms with Crippen LogP contribution in [0.15, 0.2) is 24.3 Å². The molecule has 1 saturated carbocycles. The van der Waals surface area contributed by atoms with Crippen molar-refractivity contribution < 1.29 is 9.53 Å². The largest absolute Gasteiger partial charge is 0.370 e. The zero-order valence-electron chi connectivity index (χ0n) is 11.4. The fourth-order valence-corrected chi connectivity index (χ4v) is 2.78. The maximum atomic E-state index is 12.4. The van der Waals surface area contributed by atoms with Crippen molar-refractivity contribution in [3.63, 3.8) is 0 Å². The number of benzene rings is 1. The van der Waals surface area contributed by atoms with E-state index in [-0.39, 0.29) is 5.78 Å². The van der Waals surface area contributed by atoms with Gasteiger partial charge in [0.1, 0.15) is 5.60 Å². The second-order valence-electron chi connectivity index (χ2n) is 5.18. The average Bonchev–Trinajstić information content (AvgIpc) is 2.89. The van der Waals surface area contributed by atoms with Gasteiger partial charge in [-0.2, -0.15) is 0 Å². The Bertz CT molecular complexity index is 400. The highest BCUT2D eigenvalue weighted by Crippen LogP contribution is 2.34. The lowest BCUT2D eigenvalue weighted by Gasteiger charge is -2.25. The van der Waals surface area contributed by atoms with Crippen molar-refractivity contribution in [2.75, 3.05) is 7.11 Å². The van der Waals surface area contributed by atoms with Crippen LogP contribution in [0.1, 0.15) is 43.7 Å². The molecule has 1 aliphatic rings. The molecule has 1 aromatic rings. The summed E-state index contributed by atoms with van der Waals surface area (Å²) in [6.45, 7) is 2.14. The molecule has 2 rings (SSSR count). The Morgan fingerprint density at radius 3 is 2.22 bits per heavy atom. The van der Waals surface area contributed by atoms with Gasteiger partial charge in [-0.15, -0.1) is 0 Å². The van der Waals surface area contributed by atoms with Crippen molar-refractivity contribution in [1.29, 1.82) is 0 Å². The van der Waals surface area contributed by atoms with E-state index >= 15 is 0 Å². The average molecular weight is 246 g/mol. The highest BCUT2D eigenvalue weighted by molar-refractivity contribution is 5.89. The van der Waals surface area contributed by atoms with Crippen molar-refractivity contribution >= 4 is 5.78 Å². The van der Waals surface area contributed by atoms with Crippen LogP contribution >= 0.6 is 0 Å². The number of hydrogen-bond donors (Lipinski definition) is 0. The van der Waals surface area contributed by atoms with Gasteiger partial charge in [0.2, 0.25) is 0 Å². The fourth-order valence-electron chi connectivity index (χ4n) is 2.78. The van der Waals surface area contributed by atoms with Gasteiger partial charge in [0.05, 0.1) is 0 Å². The minimum absolute atomic E-state index is 0.242. The van der Waals surface area contributed by atoms with Crippen LogP contribution in [0, 0.1) is 0 Å². The summed E-state index contributed by atoms with van der Waals surface area (Å²) in [7, 11) is 1.67. The summed E-state index contributed by atoms with van der Waals surface area (Å²) in [5.74, 6) is 0.242. The number of Topliss-reactive ketones (excluding diaryl/α,β-unsaturated/α-hetero) is 1. The summed E-state index contributed by atoms with van der Waals surface area (Å²) in [5.41, 5.74) is 1.91. The highest BCUT2D eigenvalue weighted by atomic mass is 16.5. The molecule has 0 atom stereocenters. The number of aryl methyl sites for hydroxylation is 1. The van der Waals surface area contributed by atoms with E-state index in [1.54, 1.807) is 7.11 Å². The number of hydrogen-bond acceptors (Lipinski definition) is 2. The second kappa shape index (κ2) is 5.66. The van der Waals surface area contributed by atoms with Crippen LogP contribution < -0.4 is 0 Å². The van der Waals surface area contributed by atoms with E-state index in [0.29, 0.717) is 6.42 Å². The van der Waals surface area contributed by atoms with Gasteiger partial charge < -0.3 is 4.74 Å². The molecular formula is C16H22O2. The molecule has 18 heavy (non-hydrogen) atoms. The molecular weight excluding hydrogens is 224 g/mol. The van der Waals surface area contributed by atoms with Gasteiger partial charge >= 0.3 is 0 Å². The molecule has 0 heterocycles. The lowest BCUT2D eigenvalue weighted by molar-refractivity contribution is -0.139. The molecule has 1 aromatic carbocycles. The topological polar surface area (TPSA) is 26.3 Å². The van der Waals surface area contributed by atoms with Crippen molar-refractivity contribution in [2.45, 2.75) is 51.0 Å². The van der Waals surface area contributed by atoms with Crippen LogP contribution in [-0.2, 0) is 22.4 Å². The molecule has 0 bridgehead atoms. The molecule has 2 nitrogen and oxygen atoms in total. The molecule has 98 valence electrons. The minimum atomic E-state index is -0.497. The van der Waals surface area contributed by atoms with Crippen LogP contribution in [0.4, 0.5) is 0 Å². The monoisotopic (exact) mass is 246 g/mol. The quantitative estimate of drug-likeness (QED) is 0.796. The van der Waals surface area contributed by atoms with Gasteiger partial charge in [-0.1, -0.05) is 31.2 Å². The summed E-state index contributed by atoms with van der Waals surface area (Å²) in [5, 5.41) is 0. The Kier molecular flexibility index (Phi) is 4.18. The summed E-state index contributed by atoms with van der Waals surface area (Å²) < 4.78 is 5.53. The summed E-state index contributed by atoms with van der Waals surface area (Å²) in [6, 6.07) is 8.34. The minimum Gasteiger partial charge on any atom is -0.370 e. The van der Waals surface area contributed by atoms with E-state index in [1.165, 1.54) is 5.56 Å². The molecule has 0 aromatic heterocycles. The Morgan fingerprint density at radius 1 is 1.17 bits per heavy atom. The molecule has 0 saturated heterocycles. The summed E-state index contributed by atoms with van der Waals surface area (Å²) in [4.78, 5) is 12.4. The molecule has 0 spiro atoms. The van der Waals surface area contributed by atoms with Crippen LogP contribution in [0.3, 0.4) is 0 Å². The van der Waals surface area contributed by atoms with Gasteiger partial charge in [-0.25, -0.2) is 0 Å². The van der Waals surface area contributed by atoms with Gasteiger partial charge in [0.25, 0.3) is 0 Å².